The average Bonchev–Trinajstić information content (AvgIpc) is 2.48. The molecular weight excluding hydrogens is 308 g/mol. The highest BCUT2D eigenvalue weighted by Crippen LogP contribution is 2.20. The molecular formula is C16H15ClO3S. The third-order valence-corrected chi connectivity index (χ3v) is 4.40. The quantitative estimate of drug-likeness (QED) is 0.761. The monoisotopic (exact) mass is 322 g/mol. The predicted molar refractivity (Wildman–Crippen MR) is 84.7 cm³/mol. The van der Waals surface area contributed by atoms with Gasteiger partial charge in [-0.05, 0) is 43.3 Å². The smallest absolute Gasteiger partial charge is 0.179 e. The summed E-state index contributed by atoms with van der Waals surface area (Å²) in [6, 6.07) is 13.6. The zero-order chi connectivity index (χ0) is 15.2. The number of hydrogen-bond acceptors (Lipinski definition) is 3. The molecule has 0 heterocycles. The lowest BCUT2D eigenvalue weighted by Crippen LogP contribution is -2.12. The number of benzene rings is 2. The van der Waals surface area contributed by atoms with Crippen molar-refractivity contribution in [3.63, 3.8) is 0 Å². The second-order valence-corrected chi connectivity index (χ2v) is 6.18. The molecule has 1 atom stereocenters. The standard InChI is InChI=1S/C16H15ClO3S/c1-2-20-16-6-4-3-5-14(16)15(18)11-21(19)13-9-7-12(17)8-10-13/h3-10H,2,11H2,1H3. The number of ether oxygens (including phenoxy) is 1. The van der Waals surface area contributed by atoms with Crippen LogP contribution in [0.15, 0.2) is 53.4 Å². The lowest BCUT2D eigenvalue weighted by molar-refractivity contribution is 0.101. The number of hydrogen-bond donors (Lipinski definition) is 0. The first-order valence-corrected chi connectivity index (χ1v) is 8.20. The summed E-state index contributed by atoms with van der Waals surface area (Å²) in [4.78, 5) is 12.9. The Hall–Kier alpha value is -1.65. The lowest BCUT2D eigenvalue weighted by atomic mass is 10.1. The van der Waals surface area contributed by atoms with E-state index in [-0.39, 0.29) is 11.5 Å². The van der Waals surface area contributed by atoms with Gasteiger partial charge in [-0.3, -0.25) is 9.00 Å². The topological polar surface area (TPSA) is 43.4 Å². The minimum atomic E-state index is -1.40. The number of ketones is 1. The molecule has 0 aromatic heterocycles. The molecule has 0 N–H and O–H groups in total. The van der Waals surface area contributed by atoms with Gasteiger partial charge in [0.05, 0.1) is 28.7 Å². The van der Waals surface area contributed by atoms with Gasteiger partial charge in [0.1, 0.15) is 5.75 Å². The molecule has 0 aliphatic heterocycles. The van der Waals surface area contributed by atoms with Crippen LogP contribution in [-0.2, 0) is 10.8 Å². The van der Waals surface area contributed by atoms with Gasteiger partial charge in [-0.25, -0.2) is 0 Å². The summed E-state index contributed by atoms with van der Waals surface area (Å²) in [6.45, 7) is 2.33. The molecule has 2 rings (SSSR count). The zero-order valence-corrected chi connectivity index (χ0v) is 13.1. The van der Waals surface area contributed by atoms with Gasteiger partial charge in [-0.1, -0.05) is 23.7 Å². The Balaban J connectivity index is 2.14. The van der Waals surface area contributed by atoms with Crippen LogP contribution in [0, 0.1) is 0 Å². The molecule has 21 heavy (non-hydrogen) atoms. The molecule has 0 aliphatic carbocycles. The molecule has 0 spiro atoms. The van der Waals surface area contributed by atoms with Crippen LogP contribution in [-0.4, -0.2) is 22.4 Å². The molecule has 0 amide bonds. The second kappa shape index (κ2) is 7.38. The Bertz CT molecular complexity index is 653. The first kappa shape index (κ1) is 15.7. The van der Waals surface area contributed by atoms with Gasteiger partial charge in [-0.2, -0.15) is 0 Å². The van der Waals surface area contributed by atoms with E-state index in [1.165, 1.54) is 0 Å². The van der Waals surface area contributed by atoms with Crippen LogP contribution < -0.4 is 4.74 Å². The van der Waals surface area contributed by atoms with E-state index < -0.39 is 10.8 Å². The maximum Gasteiger partial charge on any atom is 0.179 e. The molecule has 0 radical (unpaired) electrons. The van der Waals surface area contributed by atoms with Crippen LogP contribution in [0.4, 0.5) is 0 Å². The first-order chi connectivity index (χ1) is 10.1. The van der Waals surface area contributed by atoms with E-state index in [4.69, 9.17) is 16.3 Å². The summed E-state index contributed by atoms with van der Waals surface area (Å²) in [5.74, 6) is 0.247. The maximum absolute atomic E-state index is 12.3. The van der Waals surface area contributed by atoms with Crippen molar-refractivity contribution in [1.82, 2.24) is 0 Å². The van der Waals surface area contributed by atoms with Crippen LogP contribution in [0.2, 0.25) is 5.02 Å². The highest BCUT2D eigenvalue weighted by atomic mass is 35.5. The summed E-state index contributed by atoms with van der Waals surface area (Å²) in [5, 5.41) is 0.573. The van der Waals surface area contributed by atoms with Gasteiger partial charge in [0, 0.05) is 9.92 Å². The van der Waals surface area contributed by atoms with Crippen molar-refractivity contribution >= 4 is 28.2 Å². The highest BCUT2D eigenvalue weighted by molar-refractivity contribution is 7.85. The van der Waals surface area contributed by atoms with Gasteiger partial charge in [0.25, 0.3) is 0 Å². The fourth-order valence-corrected chi connectivity index (χ4v) is 2.97. The second-order valence-electron chi connectivity index (χ2n) is 4.30. The largest absolute Gasteiger partial charge is 0.493 e. The van der Waals surface area contributed by atoms with E-state index in [1.54, 1.807) is 48.5 Å². The molecule has 0 saturated carbocycles. The van der Waals surface area contributed by atoms with E-state index in [0.29, 0.717) is 27.8 Å². The van der Waals surface area contributed by atoms with Crippen LogP contribution in [0.5, 0.6) is 5.75 Å². The zero-order valence-electron chi connectivity index (χ0n) is 11.5. The Morgan fingerprint density at radius 3 is 2.48 bits per heavy atom. The van der Waals surface area contributed by atoms with E-state index in [2.05, 4.69) is 0 Å². The average molecular weight is 323 g/mol. The molecule has 3 nitrogen and oxygen atoms in total. The van der Waals surface area contributed by atoms with E-state index in [0.717, 1.165) is 0 Å². The van der Waals surface area contributed by atoms with Crippen LogP contribution in [0.3, 0.4) is 0 Å². The molecule has 0 fully saturated rings. The Kier molecular flexibility index (Phi) is 5.53. The van der Waals surface area contributed by atoms with Crippen LogP contribution in [0.25, 0.3) is 0 Å². The van der Waals surface area contributed by atoms with E-state index >= 15 is 0 Å². The Morgan fingerprint density at radius 1 is 1.14 bits per heavy atom. The van der Waals surface area contributed by atoms with E-state index in [1.807, 2.05) is 6.92 Å². The number of carbonyl (C=O) groups excluding carboxylic acids is 1. The SMILES string of the molecule is CCOc1ccccc1C(=O)CS(=O)c1ccc(Cl)cc1. The molecule has 1 unspecified atom stereocenters. The summed E-state index contributed by atoms with van der Waals surface area (Å²) < 4.78 is 17.6. The minimum Gasteiger partial charge on any atom is -0.493 e. The summed E-state index contributed by atoms with van der Waals surface area (Å²) >= 11 is 5.79. The van der Waals surface area contributed by atoms with Crippen molar-refractivity contribution in [1.29, 1.82) is 0 Å². The molecule has 5 heteroatoms. The number of para-hydroxylation sites is 1. The first-order valence-electron chi connectivity index (χ1n) is 6.50. The number of Topliss-reactive ketones (excluding diaryl/α,β-unsaturated/α-hetero) is 1. The fraction of sp³-hybridized carbons (Fsp3) is 0.188. The number of rotatable bonds is 6. The van der Waals surface area contributed by atoms with Crippen molar-refractivity contribution in [3.8, 4) is 5.75 Å². The van der Waals surface area contributed by atoms with Crippen molar-refractivity contribution in [3.05, 3.63) is 59.1 Å². The fourth-order valence-electron chi connectivity index (χ4n) is 1.84. The molecule has 0 aliphatic rings. The van der Waals surface area contributed by atoms with Gasteiger partial charge >= 0.3 is 0 Å². The predicted octanol–water partition coefficient (Wildman–Crippen LogP) is 3.73. The molecule has 0 saturated heterocycles. The Labute approximate surface area is 131 Å². The number of carbonyl (C=O) groups is 1. The Morgan fingerprint density at radius 2 is 1.81 bits per heavy atom. The molecule has 0 bridgehead atoms. The lowest BCUT2D eigenvalue weighted by Gasteiger charge is -2.09. The van der Waals surface area contributed by atoms with Crippen LogP contribution in [0.1, 0.15) is 17.3 Å². The van der Waals surface area contributed by atoms with Gasteiger partial charge in [0.2, 0.25) is 0 Å². The van der Waals surface area contributed by atoms with Crippen molar-refractivity contribution in [2.75, 3.05) is 12.4 Å². The van der Waals surface area contributed by atoms with Crippen molar-refractivity contribution < 1.29 is 13.7 Å². The minimum absolute atomic E-state index is 0.0777. The highest BCUT2D eigenvalue weighted by Gasteiger charge is 2.16. The molecule has 2 aromatic rings. The van der Waals surface area contributed by atoms with Gasteiger partial charge in [0.15, 0.2) is 5.78 Å². The summed E-state index contributed by atoms with van der Waals surface area (Å²) in [6.07, 6.45) is 0. The molecule has 110 valence electrons. The van der Waals surface area contributed by atoms with Crippen molar-refractivity contribution in [2.45, 2.75) is 11.8 Å². The third kappa shape index (κ3) is 4.16. The maximum atomic E-state index is 12.3. The van der Waals surface area contributed by atoms with Crippen molar-refractivity contribution in [2.24, 2.45) is 0 Å². The van der Waals surface area contributed by atoms with Crippen LogP contribution >= 0.6 is 11.6 Å². The van der Waals surface area contributed by atoms with Gasteiger partial charge < -0.3 is 4.74 Å². The normalized spacial score (nSPS) is 11.9. The van der Waals surface area contributed by atoms with E-state index in [9.17, 15) is 9.00 Å². The third-order valence-electron chi connectivity index (χ3n) is 2.83. The number of halogens is 1. The summed E-state index contributed by atoms with van der Waals surface area (Å²) in [5.41, 5.74) is 0.460. The molecule has 2 aromatic carbocycles. The summed E-state index contributed by atoms with van der Waals surface area (Å²) in [7, 11) is -1.40. The van der Waals surface area contributed by atoms with Gasteiger partial charge in [-0.15, -0.1) is 0 Å².